The number of aliphatic hydroxyl groups is 1. The maximum atomic E-state index is 14.3. The number of benzene rings is 3. The van der Waals surface area contributed by atoms with E-state index in [2.05, 4.69) is 10.6 Å². The van der Waals surface area contributed by atoms with Crippen LogP contribution in [-0.2, 0) is 20.9 Å². The first kappa shape index (κ1) is 39.6. The lowest BCUT2D eigenvalue weighted by Crippen LogP contribution is -2.48. The van der Waals surface area contributed by atoms with Crippen LogP contribution in [0.5, 0.6) is 5.75 Å². The van der Waals surface area contributed by atoms with Gasteiger partial charge >= 0.3 is 12.2 Å². The van der Waals surface area contributed by atoms with Crippen LogP contribution in [0.3, 0.4) is 0 Å². The normalized spacial score (nSPS) is 20.1. The van der Waals surface area contributed by atoms with Crippen molar-refractivity contribution in [1.29, 1.82) is 0 Å². The second-order valence-corrected chi connectivity index (χ2v) is 14.8. The average Bonchev–Trinajstić information content (AvgIpc) is 3.09. The van der Waals surface area contributed by atoms with Crippen LogP contribution in [0.15, 0.2) is 77.7 Å². The van der Waals surface area contributed by atoms with Gasteiger partial charge in [-0.15, -0.1) is 0 Å². The number of hydrogen-bond acceptors (Lipinski definition) is 7. The van der Waals surface area contributed by atoms with E-state index < -0.39 is 51.8 Å². The van der Waals surface area contributed by atoms with Crippen LogP contribution in [0.4, 0.5) is 29.3 Å². The van der Waals surface area contributed by atoms with Crippen molar-refractivity contribution in [3.8, 4) is 5.75 Å². The summed E-state index contributed by atoms with van der Waals surface area (Å²) in [4.78, 5) is 28.8. The van der Waals surface area contributed by atoms with Crippen LogP contribution in [0, 0.1) is 5.92 Å². The van der Waals surface area contributed by atoms with E-state index >= 15 is 0 Å². The molecular formula is C36H45F3N4O7S. The van der Waals surface area contributed by atoms with Gasteiger partial charge in [0.05, 0.1) is 40.9 Å². The number of likely N-dealkylation sites (N-methyl/N-ethyl adjacent to an activating group) is 1. The lowest BCUT2D eigenvalue weighted by molar-refractivity contribution is -0.137. The number of aliphatic hydroxyl groups excluding tert-OH is 1. The Hall–Kier alpha value is -4.18. The monoisotopic (exact) mass is 734 g/mol. The van der Waals surface area contributed by atoms with Gasteiger partial charge in [0.25, 0.3) is 5.91 Å². The van der Waals surface area contributed by atoms with Gasteiger partial charge in [-0.2, -0.15) is 17.5 Å². The molecule has 0 saturated heterocycles. The van der Waals surface area contributed by atoms with Crippen molar-refractivity contribution >= 4 is 33.3 Å². The van der Waals surface area contributed by atoms with Crippen LogP contribution in [0.25, 0.3) is 0 Å². The van der Waals surface area contributed by atoms with E-state index in [-0.39, 0.29) is 53.4 Å². The molecule has 0 fully saturated rings. The standard InChI is InChI=1S/C36H45F3N4O7S/c1-24-21-43(25(2)23-44)34(45)31-20-29(41-35(46)40-28-15-13-27(14-16-28)36(37,38)39)17-18-32(31)50-26(3)10-8-9-19-49-33(24)22-42(4)51(47,48)30-11-6-5-7-12-30/h5-7,11-18,20,24-26,33,44H,8-10,19,21-23H2,1-4H3,(H2,40,41,46)/t24-,25-,26+,33+/m1/s1. The Bertz CT molecular complexity index is 1730. The summed E-state index contributed by atoms with van der Waals surface area (Å²) in [6, 6.07) is 15.2. The first-order valence-electron chi connectivity index (χ1n) is 16.7. The van der Waals surface area contributed by atoms with E-state index in [1.54, 1.807) is 37.3 Å². The molecule has 0 unspecified atom stereocenters. The predicted octanol–water partition coefficient (Wildman–Crippen LogP) is 6.47. The number of carbonyl (C=O) groups is 2. The zero-order valence-corrected chi connectivity index (χ0v) is 29.8. The second-order valence-electron chi connectivity index (χ2n) is 12.8. The van der Waals surface area contributed by atoms with Gasteiger partial charge in [-0.25, -0.2) is 13.2 Å². The molecule has 0 radical (unpaired) electrons. The topological polar surface area (TPSA) is 138 Å². The molecule has 0 bridgehead atoms. The number of sulfonamides is 1. The molecular weight excluding hydrogens is 689 g/mol. The maximum absolute atomic E-state index is 14.3. The number of alkyl halides is 3. The molecule has 0 aliphatic carbocycles. The van der Waals surface area contributed by atoms with Gasteiger partial charge in [0, 0.05) is 44.0 Å². The number of halogens is 3. The number of fused-ring (bicyclic) bond motifs is 1. The summed E-state index contributed by atoms with van der Waals surface area (Å²) in [5.74, 6) is -0.626. The molecule has 15 heteroatoms. The molecule has 3 aromatic carbocycles. The van der Waals surface area contributed by atoms with Crippen molar-refractivity contribution in [3.63, 3.8) is 0 Å². The fourth-order valence-corrected chi connectivity index (χ4v) is 6.83. The summed E-state index contributed by atoms with van der Waals surface area (Å²) in [7, 11) is -2.34. The Morgan fingerprint density at radius 2 is 1.67 bits per heavy atom. The number of carbonyl (C=O) groups excluding carboxylic acids is 2. The number of urea groups is 1. The highest BCUT2D eigenvalue weighted by Gasteiger charge is 2.33. The van der Waals surface area contributed by atoms with E-state index in [4.69, 9.17) is 9.47 Å². The highest BCUT2D eigenvalue weighted by Crippen LogP contribution is 2.31. The molecule has 3 N–H and O–H groups in total. The van der Waals surface area contributed by atoms with Crippen LogP contribution in [-0.4, -0.2) is 86.3 Å². The lowest BCUT2D eigenvalue weighted by atomic mass is 10.0. The van der Waals surface area contributed by atoms with Crippen molar-refractivity contribution in [1.82, 2.24) is 9.21 Å². The number of nitrogens with zero attached hydrogens (tertiary/aromatic N) is 2. The number of rotatable bonds is 8. The van der Waals surface area contributed by atoms with Gasteiger partial charge < -0.3 is 30.1 Å². The predicted molar refractivity (Wildman–Crippen MR) is 187 cm³/mol. The molecule has 3 amide bonds. The maximum Gasteiger partial charge on any atom is 0.416 e. The molecule has 278 valence electrons. The summed E-state index contributed by atoms with van der Waals surface area (Å²) < 4.78 is 79.3. The van der Waals surface area contributed by atoms with E-state index in [9.17, 15) is 36.3 Å². The van der Waals surface area contributed by atoms with Crippen LogP contribution < -0.4 is 15.4 Å². The third kappa shape index (κ3) is 10.7. The Morgan fingerprint density at radius 3 is 2.31 bits per heavy atom. The van der Waals surface area contributed by atoms with Crippen LogP contribution in [0.1, 0.15) is 56.0 Å². The van der Waals surface area contributed by atoms with Crippen LogP contribution in [0.2, 0.25) is 0 Å². The largest absolute Gasteiger partial charge is 0.490 e. The van der Waals surface area contributed by atoms with Crippen LogP contribution >= 0.6 is 0 Å². The van der Waals surface area contributed by atoms with Crippen molar-refractivity contribution in [2.45, 2.75) is 69.4 Å². The zero-order chi connectivity index (χ0) is 37.3. The Labute approximate surface area is 296 Å². The number of nitrogens with one attached hydrogen (secondary N) is 2. The first-order chi connectivity index (χ1) is 24.1. The SMILES string of the molecule is C[C@@H]1CN([C@H](C)CO)C(=O)c2cc(NC(=O)Nc3ccc(C(F)(F)F)cc3)ccc2O[C@@H](C)CCCCO[C@H]1CN(C)S(=O)(=O)c1ccccc1. The average molecular weight is 735 g/mol. The second kappa shape index (κ2) is 17.4. The molecule has 4 rings (SSSR count). The smallest absolute Gasteiger partial charge is 0.416 e. The molecule has 11 nitrogen and oxygen atoms in total. The molecule has 4 atom stereocenters. The summed E-state index contributed by atoms with van der Waals surface area (Å²) in [6.07, 6.45) is -3.37. The van der Waals surface area contributed by atoms with Crippen molar-refractivity contribution in [2.75, 3.05) is 44.0 Å². The third-order valence-electron chi connectivity index (χ3n) is 8.67. The summed E-state index contributed by atoms with van der Waals surface area (Å²) >= 11 is 0. The first-order valence-corrected chi connectivity index (χ1v) is 18.1. The fourth-order valence-electron chi connectivity index (χ4n) is 5.62. The fraction of sp³-hybridized carbons (Fsp3) is 0.444. The van der Waals surface area contributed by atoms with Gasteiger partial charge in [0.15, 0.2) is 0 Å². The van der Waals surface area contributed by atoms with Crippen molar-refractivity contribution < 1.29 is 45.8 Å². The Morgan fingerprint density at radius 1 is 1.02 bits per heavy atom. The van der Waals surface area contributed by atoms with Gasteiger partial charge in [0.1, 0.15) is 5.75 Å². The van der Waals surface area contributed by atoms with Gasteiger partial charge in [-0.3, -0.25) is 4.79 Å². The number of amides is 3. The molecule has 3 aromatic rings. The number of hydrogen-bond donors (Lipinski definition) is 3. The van der Waals surface area contributed by atoms with E-state index in [0.29, 0.717) is 19.4 Å². The number of anilines is 2. The minimum atomic E-state index is -4.52. The Kier molecular flexibility index (Phi) is 13.5. The Balaban J connectivity index is 1.60. The molecule has 0 spiro atoms. The minimum absolute atomic E-state index is 0.0200. The van der Waals surface area contributed by atoms with E-state index in [1.807, 2.05) is 13.8 Å². The molecule has 1 heterocycles. The molecule has 0 saturated carbocycles. The molecule has 51 heavy (non-hydrogen) atoms. The van der Waals surface area contributed by atoms with Gasteiger partial charge in [-0.1, -0.05) is 25.1 Å². The van der Waals surface area contributed by atoms with E-state index in [0.717, 1.165) is 30.7 Å². The summed E-state index contributed by atoms with van der Waals surface area (Å²) in [5.41, 5.74) is -0.407. The van der Waals surface area contributed by atoms with Gasteiger partial charge in [-0.05, 0) is 87.7 Å². The molecule has 0 aromatic heterocycles. The zero-order valence-electron chi connectivity index (χ0n) is 29.0. The highest BCUT2D eigenvalue weighted by molar-refractivity contribution is 7.89. The summed E-state index contributed by atoms with van der Waals surface area (Å²) in [6.45, 7) is 5.51. The highest BCUT2D eigenvalue weighted by atomic mass is 32.2. The quantitative estimate of drug-likeness (QED) is 0.242. The molecule has 1 aliphatic rings. The number of ether oxygens (including phenoxy) is 2. The minimum Gasteiger partial charge on any atom is -0.490 e. The van der Waals surface area contributed by atoms with Crippen molar-refractivity contribution in [2.24, 2.45) is 5.92 Å². The molecule has 1 aliphatic heterocycles. The van der Waals surface area contributed by atoms with Crippen molar-refractivity contribution in [3.05, 3.63) is 83.9 Å². The lowest BCUT2D eigenvalue weighted by Gasteiger charge is -2.35. The van der Waals surface area contributed by atoms with E-state index in [1.165, 1.54) is 34.5 Å². The third-order valence-corrected chi connectivity index (χ3v) is 10.5. The summed E-state index contributed by atoms with van der Waals surface area (Å²) in [5, 5.41) is 15.3. The van der Waals surface area contributed by atoms with Gasteiger partial charge in [0.2, 0.25) is 10.0 Å².